The van der Waals surface area contributed by atoms with E-state index >= 15 is 0 Å². The van der Waals surface area contributed by atoms with Gasteiger partial charge < -0.3 is 5.32 Å². The van der Waals surface area contributed by atoms with Gasteiger partial charge >= 0.3 is 0 Å². The lowest BCUT2D eigenvalue weighted by molar-refractivity contribution is 0.319. The first kappa shape index (κ1) is 12.0. The fourth-order valence-corrected chi connectivity index (χ4v) is 2.26. The van der Waals surface area contributed by atoms with Crippen LogP contribution in [0.5, 0.6) is 0 Å². The normalized spacial score (nSPS) is 20.8. The van der Waals surface area contributed by atoms with Gasteiger partial charge in [0.05, 0.1) is 0 Å². The largest absolute Gasteiger partial charge is 0.314 e. The minimum Gasteiger partial charge on any atom is -0.314 e. The molecule has 0 spiro atoms. The molecule has 84 valence electrons. The molecular weight excluding hydrogens is 170 g/mol. The Labute approximate surface area is 89.7 Å². The minimum absolute atomic E-state index is 0.794. The summed E-state index contributed by atoms with van der Waals surface area (Å²) in [5.74, 6) is 1.95. The Bertz CT molecular complexity index is 132. The van der Waals surface area contributed by atoms with Crippen LogP contribution in [0.1, 0.15) is 59.3 Å². The van der Waals surface area contributed by atoms with Crippen LogP contribution in [0.4, 0.5) is 0 Å². The van der Waals surface area contributed by atoms with Crippen molar-refractivity contribution in [2.45, 2.75) is 65.3 Å². The first-order chi connectivity index (χ1) is 6.79. The van der Waals surface area contributed by atoms with Crippen LogP contribution in [0.2, 0.25) is 0 Å². The summed E-state index contributed by atoms with van der Waals surface area (Å²) in [6.45, 7) is 8.19. The van der Waals surface area contributed by atoms with E-state index in [1.807, 2.05) is 0 Å². The van der Waals surface area contributed by atoms with E-state index in [9.17, 15) is 0 Å². The van der Waals surface area contributed by atoms with Crippen LogP contribution in [0.3, 0.4) is 0 Å². The van der Waals surface area contributed by atoms with Gasteiger partial charge in [0.15, 0.2) is 0 Å². The quantitative estimate of drug-likeness (QED) is 0.627. The molecule has 0 aliphatic heterocycles. The van der Waals surface area contributed by atoms with Crippen molar-refractivity contribution in [2.75, 3.05) is 6.54 Å². The molecule has 1 saturated carbocycles. The van der Waals surface area contributed by atoms with Gasteiger partial charge in [-0.3, -0.25) is 0 Å². The van der Waals surface area contributed by atoms with Gasteiger partial charge in [0.1, 0.15) is 0 Å². The average Bonchev–Trinajstić information content (AvgIpc) is 3.00. The van der Waals surface area contributed by atoms with Gasteiger partial charge in [0.2, 0.25) is 0 Å². The summed E-state index contributed by atoms with van der Waals surface area (Å²) in [4.78, 5) is 0. The summed E-state index contributed by atoms with van der Waals surface area (Å²) >= 11 is 0. The number of hydrogen-bond donors (Lipinski definition) is 1. The Hall–Kier alpha value is -0.0400. The number of unbranched alkanes of at least 4 members (excludes halogenated alkanes) is 1. The molecule has 0 amide bonds. The summed E-state index contributed by atoms with van der Waals surface area (Å²) < 4.78 is 0. The molecule has 14 heavy (non-hydrogen) atoms. The highest BCUT2D eigenvalue weighted by Gasteiger charge is 2.32. The molecule has 0 aromatic heterocycles. The van der Waals surface area contributed by atoms with E-state index in [1.54, 1.807) is 0 Å². The minimum atomic E-state index is 0.794. The van der Waals surface area contributed by atoms with Crippen LogP contribution < -0.4 is 5.32 Å². The smallest absolute Gasteiger partial charge is 0.00953 e. The third-order valence-electron chi connectivity index (χ3n) is 3.53. The molecule has 0 aromatic carbocycles. The second-order valence-corrected chi connectivity index (χ2v) is 4.90. The molecule has 1 aliphatic rings. The molecule has 1 fully saturated rings. The van der Waals surface area contributed by atoms with Crippen LogP contribution in [-0.4, -0.2) is 12.6 Å². The molecule has 1 nitrogen and oxygen atoms in total. The van der Waals surface area contributed by atoms with Gasteiger partial charge in [-0.05, 0) is 44.1 Å². The number of nitrogens with one attached hydrogen (secondary N) is 1. The summed E-state index contributed by atoms with van der Waals surface area (Å²) in [5, 5.41) is 3.73. The van der Waals surface area contributed by atoms with E-state index < -0.39 is 0 Å². The zero-order valence-corrected chi connectivity index (χ0v) is 10.2. The highest BCUT2D eigenvalue weighted by molar-refractivity contribution is 4.86. The van der Waals surface area contributed by atoms with Crippen molar-refractivity contribution in [1.82, 2.24) is 5.32 Å². The van der Waals surface area contributed by atoms with Crippen LogP contribution in [0.15, 0.2) is 0 Å². The monoisotopic (exact) mass is 197 g/mol. The zero-order valence-electron chi connectivity index (χ0n) is 10.2. The van der Waals surface area contributed by atoms with Gasteiger partial charge in [0.25, 0.3) is 0 Å². The summed E-state index contributed by atoms with van der Waals surface area (Å²) in [6.07, 6.45) is 8.34. The molecule has 0 aromatic rings. The van der Waals surface area contributed by atoms with E-state index in [1.165, 1.54) is 45.1 Å². The second-order valence-electron chi connectivity index (χ2n) is 4.90. The zero-order chi connectivity index (χ0) is 10.4. The Morgan fingerprint density at radius 3 is 2.43 bits per heavy atom. The SMILES string of the molecule is CCCCC(NCCC)C(C)C1CC1. The Morgan fingerprint density at radius 1 is 1.21 bits per heavy atom. The summed E-state index contributed by atoms with van der Waals surface area (Å²) in [6, 6.07) is 0.794. The fraction of sp³-hybridized carbons (Fsp3) is 1.00. The van der Waals surface area contributed by atoms with Gasteiger partial charge in [-0.1, -0.05) is 33.6 Å². The molecule has 2 unspecified atom stereocenters. The molecule has 1 N–H and O–H groups in total. The highest BCUT2D eigenvalue weighted by atomic mass is 14.9. The lowest BCUT2D eigenvalue weighted by atomic mass is 9.92. The van der Waals surface area contributed by atoms with Crippen molar-refractivity contribution < 1.29 is 0 Å². The standard InChI is InChI=1S/C13H27N/c1-4-6-7-13(14-10-5-2)11(3)12-8-9-12/h11-14H,4-10H2,1-3H3. The van der Waals surface area contributed by atoms with E-state index in [4.69, 9.17) is 0 Å². The van der Waals surface area contributed by atoms with Crippen LogP contribution in [-0.2, 0) is 0 Å². The summed E-state index contributed by atoms with van der Waals surface area (Å²) in [5.41, 5.74) is 0. The average molecular weight is 197 g/mol. The molecular formula is C13H27N. The summed E-state index contributed by atoms with van der Waals surface area (Å²) in [7, 11) is 0. The second kappa shape index (κ2) is 6.44. The third kappa shape index (κ3) is 4.00. The molecule has 0 saturated heterocycles. The Morgan fingerprint density at radius 2 is 1.93 bits per heavy atom. The third-order valence-corrected chi connectivity index (χ3v) is 3.53. The molecule has 1 rings (SSSR count). The molecule has 2 atom stereocenters. The first-order valence-corrected chi connectivity index (χ1v) is 6.53. The van der Waals surface area contributed by atoms with Gasteiger partial charge in [-0.2, -0.15) is 0 Å². The van der Waals surface area contributed by atoms with Crippen molar-refractivity contribution in [3.05, 3.63) is 0 Å². The van der Waals surface area contributed by atoms with Crippen molar-refractivity contribution in [3.63, 3.8) is 0 Å². The van der Waals surface area contributed by atoms with Crippen molar-refractivity contribution in [3.8, 4) is 0 Å². The predicted octanol–water partition coefficient (Wildman–Crippen LogP) is 3.59. The maximum atomic E-state index is 3.73. The topological polar surface area (TPSA) is 12.0 Å². The first-order valence-electron chi connectivity index (χ1n) is 6.53. The molecule has 1 heteroatoms. The predicted molar refractivity (Wildman–Crippen MR) is 63.5 cm³/mol. The molecule has 0 radical (unpaired) electrons. The van der Waals surface area contributed by atoms with Crippen LogP contribution in [0.25, 0.3) is 0 Å². The van der Waals surface area contributed by atoms with E-state index in [2.05, 4.69) is 26.1 Å². The van der Waals surface area contributed by atoms with Crippen molar-refractivity contribution >= 4 is 0 Å². The van der Waals surface area contributed by atoms with Gasteiger partial charge in [0, 0.05) is 6.04 Å². The van der Waals surface area contributed by atoms with Crippen LogP contribution >= 0.6 is 0 Å². The molecule has 0 heterocycles. The lowest BCUT2D eigenvalue weighted by Gasteiger charge is -2.25. The maximum Gasteiger partial charge on any atom is 0.00953 e. The number of rotatable bonds is 8. The number of hydrogen-bond acceptors (Lipinski definition) is 1. The van der Waals surface area contributed by atoms with Crippen molar-refractivity contribution in [2.24, 2.45) is 11.8 Å². The van der Waals surface area contributed by atoms with E-state index in [0.29, 0.717) is 0 Å². The Kier molecular flexibility index (Phi) is 5.54. The molecule has 1 aliphatic carbocycles. The van der Waals surface area contributed by atoms with Crippen LogP contribution in [0, 0.1) is 11.8 Å². The fourth-order valence-electron chi connectivity index (χ4n) is 2.26. The lowest BCUT2D eigenvalue weighted by Crippen LogP contribution is -2.36. The highest BCUT2D eigenvalue weighted by Crippen LogP contribution is 2.39. The Balaban J connectivity index is 2.25. The van der Waals surface area contributed by atoms with Crippen molar-refractivity contribution in [1.29, 1.82) is 0 Å². The maximum absolute atomic E-state index is 3.73. The van der Waals surface area contributed by atoms with Gasteiger partial charge in [-0.15, -0.1) is 0 Å². The molecule has 0 bridgehead atoms. The van der Waals surface area contributed by atoms with Gasteiger partial charge in [-0.25, -0.2) is 0 Å². The van der Waals surface area contributed by atoms with E-state index in [0.717, 1.165) is 17.9 Å². The van der Waals surface area contributed by atoms with E-state index in [-0.39, 0.29) is 0 Å².